The normalized spacial score (nSPS) is 17.6. The Kier molecular flexibility index (Phi) is 4.82. The Balaban J connectivity index is 2.32. The van der Waals surface area contributed by atoms with Crippen molar-refractivity contribution < 1.29 is 14.8 Å². The average molecular weight is 279 g/mol. The van der Waals surface area contributed by atoms with Gasteiger partial charge in [0.15, 0.2) is 11.5 Å². The number of benzene rings is 1. The van der Waals surface area contributed by atoms with Gasteiger partial charge in [-0.05, 0) is 24.8 Å². The number of hydrogen-bond acceptors (Lipinski definition) is 4. The lowest BCUT2D eigenvalue weighted by atomic mass is 9.76. The van der Waals surface area contributed by atoms with Crippen molar-refractivity contribution >= 4 is 0 Å². The molecule has 1 atom stereocenters. The summed E-state index contributed by atoms with van der Waals surface area (Å²) in [5.74, 6) is 0.464. The highest BCUT2D eigenvalue weighted by atomic mass is 16.6. The molecule has 5 heteroatoms. The van der Waals surface area contributed by atoms with Crippen molar-refractivity contribution in [2.45, 2.75) is 38.0 Å². The third-order valence-corrected chi connectivity index (χ3v) is 4.21. The van der Waals surface area contributed by atoms with Gasteiger partial charge >= 0.3 is 0 Å². The van der Waals surface area contributed by atoms with E-state index < -0.39 is 0 Å². The minimum atomic E-state index is -0.280. The van der Waals surface area contributed by atoms with E-state index in [2.05, 4.69) is 0 Å². The number of methoxy groups -OCH3 is 1. The maximum atomic E-state index is 11.0. The van der Waals surface area contributed by atoms with Gasteiger partial charge in [-0.1, -0.05) is 31.4 Å². The molecular weight excluding hydrogens is 258 g/mol. The summed E-state index contributed by atoms with van der Waals surface area (Å²) >= 11 is 0. The number of phenolic OH excluding ortho intramolecular Hbond substituents is 1. The second kappa shape index (κ2) is 6.59. The minimum absolute atomic E-state index is 0.0485. The van der Waals surface area contributed by atoms with Gasteiger partial charge in [-0.3, -0.25) is 10.1 Å². The fourth-order valence-electron chi connectivity index (χ4n) is 3.20. The molecular formula is C15H21NO4. The Morgan fingerprint density at radius 3 is 2.70 bits per heavy atom. The van der Waals surface area contributed by atoms with E-state index in [0.717, 1.165) is 25.7 Å². The molecule has 0 aromatic heterocycles. The maximum Gasteiger partial charge on any atom is 0.211 e. The quantitative estimate of drug-likeness (QED) is 0.662. The summed E-state index contributed by atoms with van der Waals surface area (Å²) in [7, 11) is 1.49. The van der Waals surface area contributed by atoms with E-state index in [1.807, 2.05) is 0 Å². The molecule has 1 fully saturated rings. The van der Waals surface area contributed by atoms with E-state index in [1.165, 1.54) is 13.5 Å². The van der Waals surface area contributed by atoms with Crippen LogP contribution in [0.5, 0.6) is 11.5 Å². The van der Waals surface area contributed by atoms with Gasteiger partial charge in [-0.15, -0.1) is 0 Å². The lowest BCUT2D eigenvalue weighted by Crippen LogP contribution is -2.23. The molecule has 0 spiro atoms. The van der Waals surface area contributed by atoms with E-state index in [9.17, 15) is 15.2 Å². The van der Waals surface area contributed by atoms with Crippen molar-refractivity contribution in [2.75, 3.05) is 13.7 Å². The van der Waals surface area contributed by atoms with Crippen molar-refractivity contribution in [3.63, 3.8) is 0 Å². The van der Waals surface area contributed by atoms with Gasteiger partial charge in [0.1, 0.15) is 0 Å². The first kappa shape index (κ1) is 14.6. The predicted octanol–water partition coefficient (Wildman–Crippen LogP) is 3.34. The molecule has 110 valence electrons. The largest absolute Gasteiger partial charge is 0.504 e. The van der Waals surface area contributed by atoms with Crippen LogP contribution in [0.1, 0.15) is 43.6 Å². The molecule has 1 aromatic carbocycles. The van der Waals surface area contributed by atoms with Crippen LogP contribution >= 0.6 is 0 Å². The topological polar surface area (TPSA) is 72.6 Å². The number of phenols is 1. The van der Waals surface area contributed by atoms with Crippen molar-refractivity contribution in [2.24, 2.45) is 5.92 Å². The van der Waals surface area contributed by atoms with Gasteiger partial charge < -0.3 is 9.84 Å². The fourth-order valence-corrected chi connectivity index (χ4v) is 3.20. The molecule has 5 nitrogen and oxygen atoms in total. The second-order valence-electron chi connectivity index (χ2n) is 5.42. The summed E-state index contributed by atoms with van der Waals surface area (Å²) in [4.78, 5) is 10.7. The van der Waals surface area contributed by atoms with Crippen LogP contribution in [0.2, 0.25) is 0 Å². The number of aromatic hydroxyl groups is 1. The molecule has 1 N–H and O–H groups in total. The molecule has 0 saturated heterocycles. The molecule has 0 heterocycles. The first-order valence-electron chi connectivity index (χ1n) is 7.11. The maximum absolute atomic E-state index is 11.0. The van der Waals surface area contributed by atoms with Crippen molar-refractivity contribution in [1.29, 1.82) is 0 Å². The summed E-state index contributed by atoms with van der Waals surface area (Å²) in [5, 5.41) is 21.2. The van der Waals surface area contributed by atoms with Crippen LogP contribution < -0.4 is 4.74 Å². The number of nitrogens with zero attached hydrogens (tertiary/aromatic N) is 1. The van der Waals surface area contributed by atoms with E-state index >= 15 is 0 Å². The number of hydrogen-bond donors (Lipinski definition) is 1. The van der Waals surface area contributed by atoms with Gasteiger partial charge in [0, 0.05) is 10.5 Å². The van der Waals surface area contributed by atoms with Gasteiger partial charge in [0.2, 0.25) is 6.54 Å². The molecule has 0 bridgehead atoms. The van der Waals surface area contributed by atoms with Gasteiger partial charge in [-0.2, -0.15) is 0 Å². The van der Waals surface area contributed by atoms with Gasteiger partial charge in [0.25, 0.3) is 0 Å². The second-order valence-corrected chi connectivity index (χ2v) is 5.42. The van der Waals surface area contributed by atoms with Crippen LogP contribution in [-0.2, 0) is 0 Å². The molecule has 20 heavy (non-hydrogen) atoms. The first-order valence-corrected chi connectivity index (χ1v) is 7.11. The predicted molar refractivity (Wildman–Crippen MR) is 75.8 cm³/mol. The molecule has 0 radical (unpaired) electrons. The van der Waals surface area contributed by atoms with Gasteiger partial charge in [-0.25, -0.2) is 0 Å². The molecule has 1 aliphatic rings. The highest BCUT2D eigenvalue weighted by Gasteiger charge is 2.31. The smallest absolute Gasteiger partial charge is 0.211 e. The zero-order chi connectivity index (χ0) is 14.5. The first-order chi connectivity index (χ1) is 9.63. The zero-order valence-corrected chi connectivity index (χ0v) is 11.7. The molecule has 0 amide bonds. The summed E-state index contributed by atoms with van der Waals surface area (Å²) in [6.45, 7) is -0.134. The van der Waals surface area contributed by atoms with Gasteiger partial charge in [0.05, 0.1) is 13.0 Å². The van der Waals surface area contributed by atoms with Crippen LogP contribution in [0.25, 0.3) is 0 Å². The highest BCUT2D eigenvalue weighted by Crippen LogP contribution is 2.42. The Bertz CT molecular complexity index is 469. The fraction of sp³-hybridized carbons (Fsp3) is 0.600. The lowest BCUT2D eigenvalue weighted by molar-refractivity contribution is -0.485. The van der Waals surface area contributed by atoms with E-state index in [0.29, 0.717) is 11.3 Å². The van der Waals surface area contributed by atoms with Crippen LogP contribution in [0.4, 0.5) is 0 Å². The van der Waals surface area contributed by atoms with E-state index in [-0.39, 0.29) is 29.1 Å². The minimum Gasteiger partial charge on any atom is -0.504 e. The third-order valence-electron chi connectivity index (χ3n) is 4.21. The highest BCUT2D eigenvalue weighted by molar-refractivity contribution is 5.47. The number of nitro groups is 1. The average Bonchev–Trinajstić information content (AvgIpc) is 2.46. The third kappa shape index (κ3) is 3.21. The van der Waals surface area contributed by atoms with Crippen LogP contribution in [0.15, 0.2) is 18.2 Å². The van der Waals surface area contributed by atoms with Crippen molar-refractivity contribution in [1.82, 2.24) is 0 Å². The lowest BCUT2D eigenvalue weighted by Gasteiger charge is -2.28. The van der Waals surface area contributed by atoms with E-state index in [1.54, 1.807) is 18.2 Å². The van der Waals surface area contributed by atoms with Crippen molar-refractivity contribution in [3.8, 4) is 11.5 Å². The zero-order valence-electron chi connectivity index (χ0n) is 11.7. The van der Waals surface area contributed by atoms with Crippen LogP contribution in [0, 0.1) is 16.0 Å². The molecule has 1 saturated carbocycles. The summed E-state index contributed by atoms with van der Waals surface area (Å²) in [6, 6.07) is 5.23. The summed E-state index contributed by atoms with van der Waals surface area (Å²) < 4.78 is 5.11. The Labute approximate surface area is 118 Å². The Morgan fingerprint density at radius 1 is 1.40 bits per heavy atom. The SMILES string of the molecule is COc1cccc(C(C[N+](=O)[O-])C2CCCCC2)c1O. The molecule has 0 aliphatic heterocycles. The van der Waals surface area contributed by atoms with Crippen molar-refractivity contribution in [3.05, 3.63) is 33.9 Å². The number of para-hydroxylation sites is 1. The number of ether oxygens (including phenoxy) is 1. The monoisotopic (exact) mass is 279 g/mol. The Morgan fingerprint density at radius 2 is 2.10 bits per heavy atom. The molecule has 1 unspecified atom stereocenters. The van der Waals surface area contributed by atoms with Crippen LogP contribution in [0.3, 0.4) is 0 Å². The summed E-state index contributed by atoms with van der Waals surface area (Å²) in [6.07, 6.45) is 5.42. The molecule has 1 aliphatic carbocycles. The standard InChI is InChI=1S/C15H21NO4/c1-20-14-9-5-8-12(15(14)17)13(10-16(18)19)11-6-3-2-4-7-11/h5,8-9,11,13,17H,2-4,6-7,10H2,1H3. The Hall–Kier alpha value is -1.78. The molecule has 1 aromatic rings. The number of rotatable bonds is 5. The summed E-state index contributed by atoms with van der Waals surface area (Å²) in [5.41, 5.74) is 0.646. The molecule has 2 rings (SSSR count). The van der Waals surface area contributed by atoms with E-state index in [4.69, 9.17) is 4.74 Å². The van der Waals surface area contributed by atoms with Crippen LogP contribution in [-0.4, -0.2) is 23.7 Å².